The van der Waals surface area contributed by atoms with E-state index in [2.05, 4.69) is 39.1 Å². The van der Waals surface area contributed by atoms with Crippen molar-refractivity contribution in [3.63, 3.8) is 0 Å². The maximum absolute atomic E-state index is 12.5. The van der Waals surface area contributed by atoms with Crippen LogP contribution in [0.4, 0.5) is 5.69 Å². The molecule has 0 saturated heterocycles. The molecule has 0 fully saturated rings. The number of nitro groups is 1. The van der Waals surface area contributed by atoms with Gasteiger partial charge in [0.2, 0.25) is 0 Å². The van der Waals surface area contributed by atoms with Crippen molar-refractivity contribution in [3.05, 3.63) is 100 Å². The van der Waals surface area contributed by atoms with Crippen molar-refractivity contribution in [2.75, 3.05) is 0 Å². The highest BCUT2D eigenvalue weighted by atomic mass is 16.6. The SMILES string of the molecule is O=C(Cn1cc(Cn2c3ccccc3c3ccccc32)nn1)c1ccc([N+](=O)[O-])cc1. The van der Waals surface area contributed by atoms with E-state index in [1.165, 1.54) is 39.7 Å². The molecule has 0 radical (unpaired) electrons. The fraction of sp³-hybridized carbons (Fsp3) is 0.0870. The third kappa shape index (κ3) is 3.44. The maximum Gasteiger partial charge on any atom is 0.269 e. The molecule has 8 nitrogen and oxygen atoms in total. The molecular formula is C23H17N5O3. The Morgan fingerprint density at radius 2 is 1.52 bits per heavy atom. The summed E-state index contributed by atoms with van der Waals surface area (Å²) in [5.41, 5.74) is 3.30. The molecule has 5 rings (SSSR count). The second kappa shape index (κ2) is 7.49. The molecule has 2 aromatic heterocycles. The van der Waals surface area contributed by atoms with Gasteiger partial charge in [0, 0.05) is 39.5 Å². The average Bonchev–Trinajstić information content (AvgIpc) is 3.37. The molecule has 0 N–H and O–H groups in total. The van der Waals surface area contributed by atoms with Crippen LogP contribution in [0.25, 0.3) is 21.8 Å². The molecule has 8 heteroatoms. The summed E-state index contributed by atoms with van der Waals surface area (Å²) in [6.45, 7) is 0.539. The second-order valence-corrected chi connectivity index (χ2v) is 7.26. The third-order valence-electron chi connectivity index (χ3n) is 5.29. The van der Waals surface area contributed by atoms with Crippen molar-refractivity contribution in [2.45, 2.75) is 13.1 Å². The number of rotatable bonds is 6. The summed E-state index contributed by atoms with van der Waals surface area (Å²) in [7, 11) is 0. The Labute approximate surface area is 176 Å². The minimum absolute atomic E-state index is 0.0119. The van der Waals surface area contributed by atoms with Gasteiger partial charge in [-0.3, -0.25) is 14.9 Å². The number of fused-ring (bicyclic) bond motifs is 3. The first-order valence-corrected chi connectivity index (χ1v) is 9.73. The lowest BCUT2D eigenvalue weighted by atomic mass is 10.1. The monoisotopic (exact) mass is 411 g/mol. The Bertz CT molecular complexity index is 1380. The summed E-state index contributed by atoms with van der Waals surface area (Å²) >= 11 is 0. The van der Waals surface area contributed by atoms with Gasteiger partial charge in [0.25, 0.3) is 5.69 Å². The number of aromatic nitrogens is 4. The van der Waals surface area contributed by atoms with E-state index in [1.54, 1.807) is 6.20 Å². The zero-order chi connectivity index (χ0) is 21.4. The second-order valence-electron chi connectivity index (χ2n) is 7.26. The number of non-ortho nitro benzene ring substituents is 1. The van der Waals surface area contributed by atoms with Crippen molar-refractivity contribution >= 4 is 33.3 Å². The van der Waals surface area contributed by atoms with Crippen LogP contribution in [-0.2, 0) is 13.1 Å². The lowest BCUT2D eigenvalue weighted by molar-refractivity contribution is -0.384. The number of carbonyl (C=O) groups excluding carboxylic acids is 1. The normalized spacial score (nSPS) is 11.2. The van der Waals surface area contributed by atoms with Gasteiger partial charge >= 0.3 is 0 Å². The van der Waals surface area contributed by atoms with Crippen LogP contribution in [0, 0.1) is 10.1 Å². The molecule has 0 aliphatic carbocycles. The number of hydrogen-bond acceptors (Lipinski definition) is 5. The molecule has 0 spiro atoms. The fourth-order valence-corrected chi connectivity index (χ4v) is 3.83. The molecule has 0 amide bonds. The number of Topliss-reactive ketones (excluding diaryl/α,β-unsaturated/α-hetero) is 1. The molecular weight excluding hydrogens is 394 g/mol. The number of nitrogens with zero attached hydrogens (tertiary/aromatic N) is 5. The van der Waals surface area contributed by atoms with Gasteiger partial charge in [-0.05, 0) is 24.3 Å². The minimum atomic E-state index is -0.493. The lowest BCUT2D eigenvalue weighted by Gasteiger charge is -2.04. The molecule has 0 aliphatic heterocycles. The smallest absolute Gasteiger partial charge is 0.269 e. The topological polar surface area (TPSA) is 95.8 Å². The summed E-state index contributed by atoms with van der Waals surface area (Å²) in [6, 6.07) is 22.0. The number of ketones is 1. The van der Waals surface area contributed by atoms with Crippen LogP contribution in [0.5, 0.6) is 0 Å². The van der Waals surface area contributed by atoms with Crippen molar-refractivity contribution < 1.29 is 9.72 Å². The Hall–Kier alpha value is -4.33. The van der Waals surface area contributed by atoms with Crippen LogP contribution < -0.4 is 0 Å². The van der Waals surface area contributed by atoms with Crippen LogP contribution in [0.2, 0.25) is 0 Å². The van der Waals surface area contributed by atoms with Crippen molar-refractivity contribution in [2.24, 2.45) is 0 Å². The highest BCUT2D eigenvalue weighted by Gasteiger charge is 2.14. The lowest BCUT2D eigenvalue weighted by Crippen LogP contribution is -2.11. The first kappa shape index (κ1) is 18.7. The van der Waals surface area contributed by atoms with Gasteiger partial charge in [0.15, 0.2) is 5.78 Å². The first-order chi connectivity index (χ1) is 15.1. The van der Waals surface area contributed by atoms with E-state index in [-0.39, 0.29) is 18.0 Å². The molecule has 5 aromatic rings. The van der Waals surface area contributed by atoms with Gasteiger partial charge in [0.05, 0.1) is 17.7 Å². The predicted molar refractivity (Wildman–Crippen MR) is 116 cm³/mol. The highest BCUT2D eigenvalue weighted by Crippen LogP contribution is 2.29. The molecule has 31 heavy (non-hydrogen) atoms. The standard InChI is InChI=1S/C23H17N5O3/c29-23(16-9-11-18(12-10-16)28(30)31)15-26-13-17(24-25-26)14-27-21-7-3-1-5-19(21)20-6-2-4-8-22(20)27/h1-13H,14-15H2. The molecule has 0 aliphatic rings. The van der Waals surface area contributed by atoms with E-state index in [4.69, 9.17) is 0 Å². The van der Waals surface area contributed by atoms with Gasteiger partial charge in [-0.15, -0.1) is 5.10 Å². The fourth-order valence-electron chi connectivity index (χ4n) is 3.83. The quantitative estimate of drug-likeness (QED) is 0.237. The minimum Gasteiger partial charge on any atom is -0.334 e. The Balaban J connectivity index is 1.39. The molecule has 0 unspecified atom stereocenters. The molecule has 0 saturated carbocycles. The third-order valence-corrected chi connectivity index (χ3v) is 5.29. The van der Waals surface area contributed by atoms with Crippen LogP contribution in [0.3, 0.4) is 0 Å². The van der Waals surface area contributed by atoms with E-state index < -0.39 is 4.92 Å². The van der Waals surface area contributed by atoms with Crippen LogP contribution >= 0.6 is 0 Å². The molecule has 0 bridgehead atoms. The van der Waals surface area contributed by atoms with Gasteiger partial charge < -0.3 is 4.57 Å². The van der Waals surface area contributed by atoms with Crippen LogP contribution in [-0.4, -0.2) is 30.3 Å². The first-order valence-electron chi connectivity index (χ1n) is 9.73. The average molecular weight is 411 g/mol. The Morgan fingerprint density at radius 3 is 2.13 bits per heavy atom. The summed E-state index contributed by atoms with van der Waals surface area (Å²) in [4.78, 5) is 22.8. The van der Waals surface area contributed by atoms with Crippen LogP contribution in [0.1, 0.15) is 16.1 Å². The van der Waals surface area contributed by atoms with Gasteiger partial charge in [0.1, 0.15) is 12.2 Å². The number of para-hydroxylation sites is 2. The Kier molecular flexibility index (Phi) is 4.51. The molecule has 2 heterocycles. The van der Waals surface area contributed by atoms with Crippen LogP contribution in [0.15, 0.2) is 79.0 Å². The van der Waals surface area contributed by atoms with E-state index in [9.17, 15) is 14.9 Å². The Morgan fingerprint density at radius 1 is 0.903 bits per heavy atom. The number of benzene rings is 3. The van der Waals surface area contributed by atoms with Gasteiger partial charge in [-0.1, -0.05) is 41.6 Å². The van der Waals surface area contributed by atoms with Crippen molar-refractivity contribution in [1.29, 1.82) is 0 Å². The molecule has 3 aromatic carbocycles. The highest BCUT2D eigenvalue weighted by molar-refractivity contribution is 6.08. The van der Waals surface area contributed by atoms with Crippen molar-refractivity contribution in [1.82, 2.24) is 19.6 Å². The van der Waals surface area contributed by atoms with E-state index >= 15 is 0 Å². The van der Waals surface area contributed by atoms with E-state index in [0.29, 0.717) is 12.1 Å². The number of carbonyl (C=O) groups is 1. The van der Waals surface area contributed by atoms with Gasteiger partial charge in [-0.2, -0.15) is 0 Å². The van der Waals surface area contributed by atoms with E-state index in [1.807, 2.05) is 24.3 Å². The number of nitro benzene ring substituents is 1. The summed E-state index contributed by atoms with van der Waals surface area (Å²) in [6.07, 6.45) is 1.76. The van der Waals surface area contributed by atoms with Gasteiger partial charge in [-0.25, -0.2) is 4.68 Å². The van der Waals surface area contributed by atoms with Crippen molar-refractivity contribution in [3.8, 4) is 0 Å². The summed E-state index contributed by atoms with van der Waals surface area (Å²) in [5.74, 6) is -0.191. The summed E-state index contributed by atoms with van der Waals surface area (Å²) in [5, 5.41) is 21.5. The van der Waals surface area contributed by atoms with E-state index in [0.717, 1.165) is 16.7 Å². The number of hydrogen-bond donors (Lipinski definition) is 0. The largest absolute Gasteiger partial charge is 0.334 e. The zero-order valence-electron chi connectivity index (χ0n) is 16.4. The zero-order valence-corrected chi connectivity index (χ0v) is 16.4. The maximum atomic E-state index is 12.5. The predicted octanol–water partition coefficient (Wildman–Crippen LogP) is 4.23. The molecule has 152 valence electrons. The summed E-state index contributed by atoms with van der Waals surface area (Å²) < 4.78 is 3.68. The molecule has 0 atom stereocenters.